The van der Waals surface area contributed by atoms with Gasteiger partial charge in [0.15, 0.2) is 0 Å². The van der Waals surface area contributed by atoms with Crippen LogP contribution < -0.4 is 0 Å². The number of nitriles is 1. The van der Waals surface area contributed by atoms with E-state index in [0.717, 1.165) is 43.8 Å². The van der Waals surface area contributed by atoms with Gasteiger partial charge in [-0.05, 0) is 50.0 Å². The number of hydrogen-bond acceptors (Lipinski definition) is 3. The van der Waals surface area contributed by atoms with Crippen molar-refractivity contribution < 1.29 is 0 Å². The van der Waals surface area contributed by atoms with Crippen molar-refractivity contribution >= 4 is 0 Å². The molecule has 0 atom stereocenters. The van der Waals surface area contributed by atoms with Gasteiger partial charge in [-0.25, -0.2) is 9.97 Å². The van der Waals surface area contributed by atoms with E-state index in [-0.39, 0.29) is 0 Å². The van der Waals surface area contributed by atoms with Gasteiger partial charge in [0.25, 0.3) is 0 Å². The molecular formula is C25H41N3. The van der Waals surface area contributed by atoms with Crippen molar-refractivity contribution in [1.82, 2.24) is 9.97 Å². The molecule has 1 aliphatic rings. The number of nitrogens with zero attached hydrogens (tertiary/aromatic N) is 3. The Morgan fingerprint density at radius 1 is 0.893 bits per heavy atom. The monoisotopic (exact) mass is 383 g/mol. The first-order valence-corrected chi connectivity index (χ1v) is 12.0. The first-order valence-electron chi connectivity index (χ1n) is 12.0. The zero-order chi connectivity index (χ0) is 20.1. The average Bonchev–Trinajstić information content (AvgIpc) is 2.74. The Morgan fingerprint density at radius 2 is 1.46 bits per heavy atom. The van der Waals surface area contributed by atoms with Crippen molar-refractivity contribution in [3.63, 3.8) is 0 Å². The average molecular weight is 384 g/mol. The summed E-state index contributed by atoms with van der Waals surface area (Å²) in [6.07, 6.45) is 23.8. The van der Waals surface area contributed by atoms with E-state index >= 15 is 0 Å². The maximum absolute atomic E-state index is 9.92. The van der Waals surface area contributed by atoms with E-state index in [1.54, 1.807) is 0 Å². The molecule has 0 N–H and O–H groups in total. The largest absolute Gasteiger partial charge is 0.239 e. The first kappa shape index (κ1) is 22.9. The van der Waals surface area contributed by atoms with Crippen LogP contribution in [0.15, 0.2) is 12.4 Å². The standard InChI is InChI=1S/C25H41N3/c1-3-5-7-9-11-13-22-15-17-25(21-26,18-16-22)24-27-19-23(20-28-24)14-12-10-8-6-4-2/h19-20,22H,3-18H2,1-2H3. The molecule has 0 amide bonds. The predicted octanol–water partition coefficient (Wildman–Crippen LogP) is 7.30. The van der Waals surface area contributed by atoms with Gasteiger partial charge in [-0.15, -0.1) is 0 Å². The lowest BCUT2D eigenvalue weighted by Gasteiger charge is -2.33. The highest BCUT2D eigenvalue weighted by atomic mass is 14.9. The Morgan fingerprint density at radius 3 is 2.04 bits per heavy atom. The van der Waals surface area contributed by atoms with E-state index in [9.17, 15) is 5.26 Å². The molecule has 2 rings (SSSR count). The number of rotatable bonds is 13. The Bertz CT molecular complexity index is 564. The molecule has 1 aliphatic carbocycles. The first-order chi connectivity index (χ1) is 13.7. The SMILES string of the molecule is CCCCCCCc1cnc(C2(C#N)CCC(CCCCCCC)CC2)nc1. The molecule has 1 aromatic rings. The molecule has 3 nitrogen and oxygen atoms in total. The van der Waals surface area contributed by atoms with Crippen molar-refractivity contribution in [3.8, 4) is 6.07 Å². The fourth-order valence-corrected chi connectivity index (χ4v) is 4.54. The fraction of sp³-hybridized carbons (Fsp3) is 0.800. The second kappa shape index (κ2) is 12.9. The highest BCUT2D eigenvalue weighted by molar-refractivity contribution is 5.22. The number of unbranched alkanes of at least 4 members (excludes halogenated alkanes) is 8. The maximum atomic E-state index is 9.92. The molecule has 1 aromatic heterocycles. The molecule has 0 spiro atoms. The summed E-state index contributed by atoms with van der Waals surface area (Å²) in [5.74, 6) is 1.57. The number of hydrogen-bond donors (Lipinski definition) is 0. The number of aryl methyl sites for hydroxylation is 1. The molecule has 3 heteroatoms. The number of aromatic nitrogens is 2. The lowest BCUT2D eigenvalue weighted by atomic mass is 9.69. The van der Waals surface area contributed by atoms with Gasteiger partial charge in [0.2, 0.25) is 0 Å². The second-order valence-corrected chi connectivity index (χ2v) is 8.92. The molecular weight excluding hydrogens is 342 g/mol. The third-order valence-electron chi connectivity index (χ3n) is 6.59. The molecule has 1 fully saturated rings. The van der Waals surface area contributed by atoms with Gasteiger partial charge >= 0.3 is 0 Å². The Balaban J connectivity index is 1.78. The van der Waals surface area contributed by atoms with Crippen molar-refractivity contribution in [2.24, 2.45) is 5.92 Å². The van der Waals surface area contributed by atoms with Gasteiger partial charge in [0.05, 0.1) is 6.07 Å². The van der Waals surface area contributed by atoms with E-state index in [4.69, 9.17) is 0 Å². The third-order valence-corrected chi connectivity index (χ3v) is 6.59. The van der Waals surface area contributed by atoms with E-state index < -0.39 is 5.41 Å². The van der Waals surface area contributed by atoms with E-state index in [1.165, 1.54) is 76.2 Å². The lowest BCUT2D eigenvalue weighted by Crippen LogP contribution is -2.32. The summed E-state index contributed by atoms with van der Waals surface area (Å²) in [6.45, 7) is 4.52. The van der Waals surface area contributed by atoms with Crippen LogP contribution >= 0.6 is 0 Å². The molecule has 1 saturated carbocycles. The summed E-state index contributed by atoms with van der Waals surface area (Å²) >= 11 is 0. The van der Waals surface area contributed by atoms with E-state index in [1.807, 2.05) is 12.4 Å². The van der Waals surface area contributed by atoms with Crippen LogP contribution in [0.4, 0.5) is 0 Å². The smallest absolute Gasteiger partial charge is 0.148 e. The van der Waals surface area contributed by atoms with Crippen LogP contribution in [-0.4, -0.2) is 9.97 Å². The Hall–Kier alpha value is -1.43. The van der Waals surface area contributed by atoms with Crippen molar-refractivity contribution in [1.29, 1.82) is 5.26 Å². The Kier molecular flexibility index (Phi) is 10.5. The summed E-state index contributed by atoms with van der Waals surface area (Å²) < 4.78 is 0. The lowest BCUT2D eigenvalue weighted by molar-refractivity contribution is 0.253. The van der Waals surface area contributed by atoms with Gasteiger partial charge < -0.3 is 0 Å². The normalized spacial score (nSPS) is 22.1. The summed E-state index contributed by atoms with van der Waals surface area (Å²) in [7, 11) is 0. The fourth-order valence-electron chi connectivity index (χ4n) is 4.54. The maximum Gasteiger partial charge on any atom is 0.148 e. The second-order valence-electron chi connectivity index (χ2n) is 8.92. The molecule has 1 heterocycles. The van der Waals surface area contributed by atoms with Crippen molar-refractivity contribution in [3.05, 3.63) is 23.8 Å². The quantitative estimate of drug-likeness (QED) is 0.336. The minimum absolute atomic E-state index is 0.446. The van der Waals surface area contributed by atoms with Crippen LogP contribution in [-0.2, 0) is 11.8 Å². The zero-order valence-corrected chi connectivity index (χ0v) is 18.4. The summed E-state index contributed by atoms with van der Waals surface area (Å²) in [6, 6.07) is 2.60. The summed E-state index contributed by atoms with van der Waals surface area (Å²) in [5.41, 5.74) is 0.771. The Labute approximate surface area is 173 Å². The van der Waals surface area contributed by atoms with Gasteiger partial charge in [0.1, 0.15) is 11.2 Å². The van der Waals surface area contributed by atoms with E-state index in [2.05, 4.69) is 29.9 Å². The van der Waals surface area contributed by atoms with Crippen LogP contribution in [0.25, 0.3) is 0 Å². The van der Waals surface area contributed by atoms with Gasteiger partial charge in [0, 0.05) is 12.4 Å². The minimum atomic E-state index is -0.446. The van der Waals surface area contributed by atoms with Gasteiger partial charge in [-0.1, -0.05) is 78.1 Å². The van der Waals surface area contributed by atoms with Crippen LogP contribution in [0.5, 0.6) is 0 Å². The van der Waals surface area contributed by atoms with Crippen LogP contribution in [0.3, 0.4) is 0 Å². The summed E-state index contributed by atoms with van der Waals surface area (Å²) in [4.78, 5) is 9.30. The third kappa shape index (κ3) is 7.19. The van der Waals surface area contributed by atoms with Gasteiger partial charge in [-0.3, -0.25) is 0 Å². The molecule has 0 radical (unpaired) electrons. The topological polar surface area (TPSA) is 49.6 Å². The van der Waals surface area contributed by atoms with Crippen LogP contribution in [0, 0.1) is 17.2 Å². The van der Waals surface area contributed by atoms with Crippen molar-refractivity contribution in [2.75, 3.05) is 0 Å². The van der Waals surface area contributed by atoms with E-state index in [0.29, 0.717) is 0 Å². The highest BCUT2D eigenvalue weighted by Gasteiger charge is 2.39. The molecule has 0 saturated heterocycles. The molecule has 0 unspecified atom stereocenters. The van der Waals surface area contributed by atoms with Crippen molar-refractivity contribution in [2.45, 2.75) is 122 Å². The molecule has 0 bridgehead atoms. The van der Waals surface area contributed by atoms with Crippen LogP contribution in [0.2, 0.25) is 0 Å². The minimum Gasteiger partial charge on any atom is -0.239 e. The zero-order valence-electron chi connectivity index (χ0n) is 18.4. The van der Waals surface area contributed by atoms with Crippen LogP contribution in [0.1, 0.15) is 122 Å². The van der Waals surface area contributed by atoms with Gasteiger partial charge in [-0.2, -0.15) is 5.26 Å². The highest BCUT2D eigenvalue weighted by Crippen LogP contribution is 2.41. The molecule has 0 aromatic carbocycles. The summed E-state index contributed by atoms with van der Waals surface area (Å²) in [5, 5.41) is 9.92. The molecule has 28 heavy (non-hydrogen) atoms. The predicted molar refractivity (Wildman–Crippen MR) is 117 cm³/mol. The molecule has 156 valence electrons. The molecule has 0 aliphatic heterocycles.